The average Bonchev–Trinajstić information content (AvgIpc) is 3.31. The molecule has 0 bridgehead atoms. The van der Waals surface area contributed by atoms with Gasteiger partial charge in [0, 0.05) is 47.2 Å². The highest BCUT2D eigenvalue weighted by atomic mass is 35.5. The lowest BCUT2D eigenvalue weighted by atomic mass is 9.86. The molecule has 4 rings (SSSR count). The molecular weight excluding hydrogens is 442 g/mol. The number of ether oxygens (including phenoxy) is 1. The molecule has 1 aromatic heterocycles. The van der Waals surface area contributed by atoms with Gasteiger partial charge in [-0.2, -0.15) is 5.10 Å². The van der Waals surface area contributed by atoms with Crippen molar-refractivity contribution in [1.29, 1.82) is 0 Å². The highest BCUT2D eigenvalue weighted by molar-refractivity contribution is 6.20. The number of hydrogen-bond acceptors (Lipinski definition) is 4. The Morgan fingerprint density at radius 2 is 1.84 bits per heavy atom. The molecule has 2 amide bonds. The molecule has 1 aliphatic rings. The topological polar surface area (TPSA) is 87.3 Å². The summed E-state index contributed by atoms with van der Waals surface area (Å²) in [5.74, 6) is -0.813. The standard InChI is InChI=1S/C22H19ClF2N4O3/c1-21(2)18-15(17-8-9-26-28-17)10-12(11-16(18)20(31)29(21)3)19(30)27-13-4-6-14(7-5-13)32-22(23,24)25/h4-11H,1-3H3,(H,26,28)(H,27,30). The van der Waals surface area contributed by atoms with Crippen molar-refractivity contribution in [3.63, 3.8) is 0 Å². The molecule has 0 aliphatic carbocycles. The molecule has 7 nitrogen and oxygen atoms in total. The molecule has 0 saturated carbocycles. The number of amides is 2. The lowest BCUT2D eigenvalue weighted by Gasteiger charge is -2.30. The predicted molar refractivity (Wildman–Crippen MR) is 115 cm³/mol. The molecule has 0 saturated heterocycles. The Hall–Kier alpha value is -3.46. The lowest BCUT2D eigenvalue weighted by molar-refractivity contribution is -0.0964. The van der Waals surface area contributed by atoms with E-state index in [0.29, 0.717) is 22.5 Å². The molecule has 2 heterocycles. The molecule has 1 aliphatic heterocycles. The lowest BCUT2D eigenvalue weighted by Crippen LogP contribution is -2.35. The minimum Gasteiger partial charge on any atom is -0.420 e. The zero-order valence-corrected chi connectivity index (χ0v) is 18.1. The number of fused-ring (bicyclic) bond motifs is 1. The number of rotatable bonds is 5. The zero-order chi connectivity index (χ0) is 23.3. The van der Waals surface area contributed by atoms with Gasteiger partial charge in [0.2, 0.25) is 0 Å². The van der Waals surface area contributed by atoms with Gasteiger partial charge < -0.3 is 15.0 Å². The number of carbonyl (C=O) groups is 2. The Balaban J connectivity index is 1.68. The first-order valence-electron chi connectivity index (χ1n) is 9.61. The number of hydrogen-bond donors (Lipinski definition) is 2. The van der Waals surface area contributed by atoms with Crippen LogP contribution in [0.25, 0.3) is 11.3 Å². The molecule has 166 valence electrons. The molecular formula is C22H19ClF2N4O3. The van der Waals surface area contributed by atoms with Crippen LogP contribution in [0.4, 0.5) is 14.5 Å². The highest BCUT2D eigenvalue weighted by Gasteiger charge is 2.43. The number of benzene rings is 2. The zero-order valence-electron chi connectivity index (χ0n) is 17.4. The van der Waals surface area contributed by atoms with E-state index in [1.54, 1.807) is 36.3 Å². The van der Waals surface area contributed by atoms with Crippen LogP contribution in [0.3, 0.4) is 0 Å². The van der Waals surface area contributed by atoms with Crippen molar-refractivity contribution in [1.82, 2.24) is 15.1 Å². The molecule has 0 radical (unpaired) electrons. The van der Waals surface area contributed by atoms with Gasteiger partial charge in [-0.1, -0.05) is 0 Å². The normalized spacial score (nSPS) is 14.9. The van der Waals surface area contributed by atoms with Gasteiger partial charge >= 0.3 is 5.57 Å². The SMILES string of the molecule is CN1C(=O)c2cc(C(=O)Nc3ccc(OC(F)(F)Cl)cc3)cc(-c3ccn[nH]3)c2C1(C)C. The van der Waals surface area contributed by atoms with Crippen LogP contribution in [0, 0.1) is 0 Å². The van der Waals surface area contributed by atoms with E-state index < -0.39 is 17.0 Å². The molecule has 0 atom stereocenters. The number of halogens is 3. The van der Waals surface area contributed by atoms with Crippen LogP contribution >= 0.6 is 11.6 Å². The minimum atomic E-state index is -3.83. The molecule has 0 spiro atoms. The van der Waals surface area contributed by atoms with Gasteiger partial charge in [-0.15, -0.1) is 8.78 Å². The van der Waals surface area contributed by atoms with E-state index in [9.17, 15) is 18.4 Å². The van der Waals surface area contributed by atoms with Gasteiger partial charge in [0.25, 0.3) is 11.8 Å². The first-order chi connectivity index (χ1) is 15.0. The minimum absolute atomic E-state index is 0.155. The second kappa shape index (κ2) is 7.59. The van der Waals surface area contributed by atoms with Crippen molar-refractivity contribution in [3.8, 4) is 17.0 Å². The summed E-state index contributed by atoms with van der Waals surface area (Å²) in [5.41, 5.74) is -1.19. The van der Waals surface area contributed by atoms with Crippen LogP contribution < -0.4 is 10.1 Å². The average molecular weight is 461 g/mol. The van der Waals surface area contributed by atoms with Crippen LogP contribution in [-0.4, -0.2) is 39.5 Å². The maximum absolute atomic E-state index is 13.0. The van der Waals surface area contributed by atoms with Crippen molar-refractivity contribution in [2.24, 2.45) is 0 Å². The van der Waals surface area contributed by atoms with E-state index in [1.807, 2.05) is 13.8 Å². The number of aromatic nitrogens is 2. The van der Waals surface area contributed by atoms with Gasteiger partial charge in [-0.05, 0) is 61.9 Å². The highest BCUT2D eigenvalue weighted by Crippen LogP contribution is 2.43. The van der Waals surface area contributed by atoms with Gasteiger partial charge in [0.05, 0.1) is 11.2 Å². The molecule has 0 fully saturated rings. The number of nitrogens with one attached hydrogen (secondary N) is 2. The van der Waals surface area contributed by atoms with E-state index >= 15 is 0 Å². The summed E-state index contributed by atoms with van der Waals surface area (Å²) in [5, 5.41) is 9.57. The molecule has 2 N–H and O–H groups in total. The number of carbonyl (C=O) groups excluding carboxylic acids is 2. The van der Waals surface area contributed by atoms with Crippen LogP contribution in [0.5, 0.6) is 5.75 Å². The second-order valence-corrected chi connectivity index (χ2v) is 8.31. The van der Waals surface area contributed by atoms with Crippen LogP contribution in [0.2, 0.25) is 0 Å². The van der Waals surface area contributed by atoms with Crippen molar-refractivity contribution in [2.75, 3.05) is 12.4 Å². The maximum atomic E-state index is 13.0. The fraction of sp³-hybridized carbons (Fsp3) is 0.227. The first-order valence-corrected chi connectivity index (χ1v) is 9.99. The van der Waals surface area contributed by atoms with Gasteiger partial charge in [0.15, 0.2) is 0 Å². The number of H-pyrrole nitrogens is 1. The Kier molecular flexibility index (Phi) is 5.16. The van der Waals surface area contributed by atoms with Crippen LogP contribution in [-0.2, 0) is 5.54 Å². The Morgan fingerprint density at radius 1 is 1.19 bits per heavy atom. The largest absolute Gasteiger partial charge is 0.487 e. The quantitative estimate of drug-likeness (QED) is 0.534. The van der Waals surface area contributed by atoms with Crippen molar-refractivity contribution < 1.29 is 23.1 Å². The van der Waals surface area contributed by atoms with Crippen molar-refractivity contribution in [2.45, 2.75) is 25.0 Å². The van der Waals surface area contributed by atoms with E-state index in [0.717, 1.165) is 5.56 Å². The fourth-order valence-corrected chi connectivity index (χ4v) is 3.85. The summed E-state index contributed by atoms with van der Waals surface area (Å²) in [7, 11) is 1.72. The summed E-state index contributed by atoms with van der Waals surface area (Å²) >= 11 is 4.75. The van der Waals surface area contributed by atoms with Crippen LogP contribution in [0.1, 0.15) is 40.1 Å². The smallest absolute Gasteiger partial charge is 0.420 e. The summed E-state index contributed by atoms with van der Waals surface area (Å²) in [6.45, 7) is 3.87. The first kappa shape index (κ1) is 21.8. The van der Waals surface area contributed by atoms with Gasteiger partial charge in [-0.3, -0.25) is 14.7 Å². The molecule has 3 aromatic rings. The molecule has 32 heavy (non-hydrogen) atoms. The Bertz CT molecular complexity index is 1190. The van der Waals surface area contributed by atoms with Crippen LogP contribution in [0.15, 0.2) is 48.7 Å². The third-order valence-corrected chi connectivity index (χ3v) is 5.60. The van der Waals surface area contributed by atoms with Crippen molar-refractivity contribution in [3.05, 3.63) is 65.4 Å². The summed E-state index contributed by atoms with van der Waals surface area (Å²) < 4.78 is 29.8. The Morgan fingerprint density at radius 3 is 2.44 bits per heavy atom. The second-order valence-electron chi connectivity index (χ2n) is 7.87. The monoisotopic (exact) mass is 460 g/mol. The summed E-state index contributed by atoms with van der Waals surface area (Å²) in [4.78, 5) is 27.5. The van der Waals surface area contributed by atoms with E-state index in [1.165, 1.54) is 24.3 Å². The molecule has 0 unspecified atom stereocenters. The van der Waals surface area contributed by atoms with Crippen molar-refractivity contribution >= 4 is 29.1 Å². The third kappa shape index (κ3) is 3.91. The van der Waals surface area contributed by atoms with Gasteiger partial charge in [0.1, 0.15) is 5.75 Å². The maximum Gasteiger partial charge on any atom is 0.487 e. The number of anilines is 1. The Labute approximate surface area is 187 Å². The number of alkyl halides is 3. The number of aromatic amines is 1. The number of nitrogens with zero attached hydrogens (tertiary/aromatic N) is 2. The van der Waals surface area contributed by atoms with E-state index in [4.69, 9.17) is 11.6 Å². The predicted octanol–water partition coefficient (Wildman–Crippen LogP) is 4.82. The van der Waals surface area contributed by atoms with Gasteiger partial charge in [-0.25, -0.2) is 0 Å². The third-order valence-electron chi connectivity index (χ3n) is 5.52. The van der Waals surface area contributed by atoms with E-state index in [2.05, 4.69) is 20.3 Å². The molecule has 2 aromatic carbocycles. The summed E-state index contributed by atoms with van der Waals surface area (Å²) in [6.07, 6.45) is 1.59. The molecule has 10 heteroatoms. The van der Waals surface area contributed by atoms with E-state index in [-0.39, 0.29) is 17.2 Å². The fourth-order valence-electron chi connectivity index (χ4n) is 3.76. The summed E-state index contributed by atoms with van der Waals surface area (Å²) in [6, 6.07) is 10.3.